The number of hydrogen-bond donors (Lipinski definition) is 1. The van der Waals surface area contributed by atoms with Crippen LogP contribution >= 0.6 is 12.2 Å². The molecular formula is C13H24N4S. The van der Waals surface area contributed by atoms with Gasteiger partial charge in [0.1, 0.15) is 5.82 Å². The minimum Gasteiger partial charge on any atom is -0.303 e. The van der Waals surface area contributed by atoms with Crippen LogP contribution in [0.25, 0.3) is 0 Å². The van der Waals surface area contributed by atoms with Gasteiger partial charge < -0.3 is 9.47 Å². The molecule has 0 saturated carbocycles. The molecule has 2 heterocycles. The van der Waals surface area contributed by atoms with E-state index in [0.29, 0.717) is 6.04 Å². The molecule has 1 aromatic heterocycles. The molecule has 1 fully saturated rings. The molecule has 0 atom stereocenters. The van der Waals surface area contributed by atoms with Gasteiger partial charge in [-0.2, -0.15) is 5.10 Å². The van der Waals surface area contributed by atoms with Gasteiger partial charge in [0.05, 0.1) is 0 Å². The number of aryl methyl sites for hydroxylation is 1. The smallest absolute Gasteiger partial charge is 0.195 e. The Balaban J connectivity index is 2.04. The number of rotatable bonds is 5. The van der Waals surface area contributed by atoms with Crippen molar-refractivity contribution in [2.75, 3.05) is 19.6 Å². The summed E-state index contributed by atoms with van der Waals surface area (Å²) in [6.45, 7) is 8.04. The summed E-state index contributed by atoms with van der Waals surface area (Å²) >= 11 is 5.38. The molecule has 0 spiro atoms. The van der Waals surface area contributed by atoms with Gasteiger partial charge in [0.15, 0.2) is 4.77 Å². The molecule has 1 N–H and O–H groups in total. The van der Waals surface area contributed by atoms with E-state index in [1.807, 2.05) is 0 Å². The molecule has 5 heteroatoms. The molecule has 18 heavy (non-hydrogen) atoms. The van der Waals surface area contributed by atoms with Crippen molar-refractivity contribution >= 4 is 12.2 Å². The largest absolute Gasteiger partial charge is 0.303 e. The molecule has 0 bridgehead atoms. The van der Waals surface area contributed by atoms with Crippen molar-refractivity contribution in [1.29, 1.82) is 0 Å². The van der Waals surface area contributed by atoms with Crippen LogP contribution in [-0.4, -0.2) is 39.3 Å². The Hall–Kier alpha value is -0.680. The number of nitrogens with one attached hydrogen (secondary N) is 1. The Bertz CT molecular complexity index is 415. The normalized spacial score (nSPS) is 18.3. The van der Waals surface area contributed by atoms with Crippen molar-refractivity contribution in [2.45, 2.75) is 52.0 Å². The number of nitrogens with zero attached hydrogens (tertiary/aromatic N) is 3. The number of hydrogen-bond acceptors (Lipinski definition) is 3. The Morgan fingerprint density at radius 3 is 2.61 bits per heavy atom. The van der Waals surface area contributed by atoms with Gasteiger partial charge in [-0.3, -0.25) is 5.10 Å². The fourth-order valence-electron chi connectivity index (χ4n) is 2.83. The van der Waals surface area contributed by atoms with Gasteiger partial charge >= 0.3 is 0 Å². The van der Waals surface area contributed by atoms with Crippen molar-refractivity contribution in [2.24, 2.45) is 0 Å². The molecule has 2 rings (SSSR count). The maximum Gasteiger partial charge on any atom is 0.195 e. The third-order valence-corrected chi connectivity index (χ3v) is 4.00. The van der Waals surface area contributed by atoms with Crippen LogP contribution in [0.4, 0.5) is 0 Å². The fraction of sp³-hybridized carbons (Fsp3) is 0.846. The van der Waals surface area contributed by atoms with Crippen LogP contribution in [0.3, 0.4) is 0 Å². The zero-order valence-corrected chi connectivity index (χ0v) is 12.3. The summed E-state index contributed by atoms with van der Waals surface area (Å²) in [5.41, 5.74) is 0. The van der Waals surface area contributed by atoms with Crippen molar-refractivity contribution in [3.05, 3.63) is 10.6 Å². The van der Waals surface area contributed by atoms with E-state index in [-0.39, 0.29) is 0 Å². The number of piperidine rings is 1. The van der Waals surface area contributed by atoms with E-state index < -0.39 is 0 Å². The first-order valence-corrected chi connectivity index (χ1v) is 7.55. The van der Waals surface area contributed by atoms with Gasteiger partial charge in [0.2, 0.25) is 0 Å². The number of likely N-dealkylation sites (tertiary alicyclic amines) is 1. The van der Waals surface area contributed by atoms with Crippen molar-refractivity contribution in [3.8, 4) is 0 Å². The second-order valence-corrected chi connectivity index (χ2v) is 5.52. The van der Waals surface area contributed by atoms with Crippen LogP contribution in [0.15, 0.2) is 0 Å². The van der Waals surface area contributed by atoms with Gasteiger partial charge in [-0.05, 0) is 44.4 Å². The molecule has 1 aromatic rings. The van der Waals surface area contributed by atoms with Crippen molar-refractivity contribution in [1.82, 2.24) is 19.7 Å². The highest BCUT2D eigenvalue weighted by molar-refractivity contribution is 7.71. The van der Waals surface area contributed by atoms with Gasteiger partial charge in [-0.15, -0.1) is 0 Å². The lowest BCUT2D eigenvalue weighted by molar-refractivity contribution is 0.184. The second-order valence-electron chi connectivity index (χ2n) is 5.14. The lowest BCUT2D eigenvalue weighted by Crippen LogP contribution is -2.35. The summed E-state index contributed by atoms with van der Waals surface area (Å²) in [4.78, 5) is 2.56. The molecule has 0 unspecified atom stereocenters. The van der Waals surface area contributed by atoms with Crippen LogP contribution in [0.2, 0.25) is 0 Å². The molecule has 1 aliphatic heterocycles. The Morgan fingerprint density at radius 2 is 2.00 bits per heavy atom. The first kappa shape index (κ1) is 13.7. The highest BCUT2D eigenvalue weighted by Gasteiger charge is 2.22. The van der Waals surface area contributed by atoms with E-state index in [1.54, 1.807) is 0 Å². The SMILES string of the molecule is CCCc1n[nH]c(=S)n1C1CCN(CCC)CC1. The monoisotopic (exact) mass is 268 g/mol. The van der Waals surface area contributed by atoms with E-state index in [1.165, 1.54) is 38.9 Å². The van der Waals surface area contributed by atoms with Gasteiger partial charge in [-0.25, -0.2) is 0 Å². The standard InChI is InChI=1S/C13H24N4S/c1-3-5-12-14-15-13(18)17(12)11-6-9-16(8-4-2)10-7-11/h11H,3-10H2,1-2H3,(H,15,18). The average Bonchev–Trinajstić information content (AvgIpc) is 2.73. The summed E-state index contributed by atoms with van der Waals surface area (Å²) < 4.78 is 3.06. The number of aromatic nitrogens is 3. The van der Waals surface area contributed by atoms with Crippen LogP contribution < -0.4 is 0 Å². The molecule has 102 valence electrons. The van der Waals surface area contributed by atoms with Crippen LogP contribution in [-0.2, 0) is 6.42 Å². The number of H-pyrrole nitrogens is 1. The van der Waals surface area contributed by atoms with Gasteiger partial charge in [-0.1, -0.05) is 13.8 Å². The van der Waals surface area contributed by atoms with Crippen LogP contribution in [0, 0.1) is 4.77 Å². The Kier molecular flexibility index (Phi) is 4.95. The van der Waals surface area contributed by atoms with Crippen molar-refractivity contribution < 1.29 is 0 Å². The summed E-state index contributed by atoms with van der Waals surface area (Å²) in [5.74, 6) is 1.14. The second kappa shape index (κ2) is 6.48. The zero-order chi connectivity index (χ0) is 13.0. The molecule has 0 aliphatic carbocycles. The summed E-state index contributed by atoms with van der Waals surface area (Å²) in [6.07, 6.45) is 5.78. The molecule has 0 amide bonds. The zero-order valence-electron chi connectivity index (χ0n) is 11.5. The van der Waals surface area contributed by atoms with E-state index in [4.69, 9.17) is 12.2 Å². The Labute approximate surface area is 114 Å². The molecule has 0 aromatic carbocycles. The van der Waals surface area contributed by atoms with Gasteiger partial charge in [0.25, 0.3) is 0 Å². The minimum absolute atomic E-state index is 0.547. The highest BCUT2D eigenvalue weighted by Crippen LogP contribution is 2.24. The maximum absolute atomic E-state index is 5.38. The minimum atomic E-state index is 0.547. The van der Waals surface area contributed by atoms with Crippen LogP contribution in [0.1, 0.15) is 51.4 Å². The molecule has 1 saturated heterocycles. The molecule has 4 nitrogen and oxygen atoms in total. The van der Waals surface area contributed by atoms with Gasteiger partial charge in [0, 0.05) is 25.6 Å². The van der Waals surface area contributed by atoms with E-state index >= 15 is 0 Å². The fourth-order valence-corrected chi connectivity index (χ4v) is 3.13. The number of aromatic amines is 1. The first-order chi connectivity index (χ1) is 8.76. The third kappa shape index (κ3) is 3.01. The maximum atomic E-state index is 5.38. The van der Waals surface area contributed by atoms with Crippen LogP contribution in [0.5, 0.6) is 0 Å². The average molecular weight is 268 g/mol. The van der Waals surface area contributed by atoms with Crippen molar-refractivity contribution in [3.63, 3.8) is 0 Å². The molecule has 1 aliphatic rings. The molecular weight excluding hydrogens is 244 g/mol. The predicted molar refractivity (Wildman–Crippen MR) is 76.4 cm³/mol. The lowest BCUT2D eigenvalue weighted by Gasteiger charge is -2.32. The topological polar surface area (TPSA) is 36.9 Å². The molecule has 0 radical (unpaired) electrons. The highest BCUT2D eigenvalue weighted by atomic mass is 32.1. The third-order valence-electron chi connectivity index (χ3n) is 3.71. The summed E-state index contributed by atoms with van der Waals surface area (Å²) in [5, 5.41) is 7.33. The quantitative estimate of drug-likeness (QED) is 0.834. The van der Waals surface area contributed by atoms with E-state index in [9.17, 15) is 0 Å². The predicted octanol–water partition coefficient (Wildman–Crippen LogP) is 2.94. The summed E-state index contributed by atoms with van der Waals surface area (Å²) in [7, 11) is 0. The Morgan fingerprint density at radius 1 is 1.28 bits per heavy atom. The van der Waals surface area contributed by atoms with E-state index in [2.05, 4.69) is 33.5 Å². The first-order valence-electron chi connectivity index (χ1n) is 7.14. The summed E-state index contributed by atoms with van der Waals surface area (Å²) in [6, 6.07) is 0.547. The lowest BCUT2D eigenvalue weighted by atomic mass is 10.0. The van der Waals surface area contributed by atoms with E-state index in [0.717, 1.165) is 23.4 Å².